The van der Waals surface area contributed by atoms with Gasteiger partial charge in [0.1, 0.15) is 0 Å². The number of halogens is 1. The van der Waals surface area contributed by atoms with Gasteiger partial charge in [-0.25, -0.2) is 4.99 Å². The Kier molecular flexibility index (Phi) is 12.1. The highest BCUT2D eigenvalue weighted by molar-refractivity contribution is 14.0. The van der Waals surface area contributed by atoms with Crippen LogP contribution in [0, 0.1) is 13.8 Å². The molecule has 7 heteroatoms. The van der Waals surface area contributed by atoms with Gasteiger partial charge in [0.15, 0.2) is 5.96 Å². The average Bonchev–Trinajstić information content (AvgIpc) is 2.77. The van der Waals surface area contributed by atoms with E-state index in [1.165, 1.54) is 17.7 Å². The Morgan fingerprint density at radius 1 is 1.26 bits per heavy atom. The number of hydrogen-bond donors (Lipinski definition) is 2. The molecule has 1 heterocycles. The number of nitrogens with zero attached hydrogens (tertiary/aromatic N) is 3. The van der Waals surface area contributed by atoms with E-state index in [1.54, 1.807) is 7.11 Å². The Balaban J connectivity index is 0.00000484. The second-order valence-electron chi connectivity index (χ2n) is 5.34. The maximum atomic E-state index is 5.13. The maximum Gasteiger partial charge on any atom is 0.191 e. The van der Waals surface area contributed by atoms with Crippen molar-refractivity contribution >= 4 is 29.9 Å². The Hall–Kier alpha value is -0.830. The van der Waals surface area contributed by atoms with E-state index in [-0.39, 0.29) is 24.0 Å². The molecule has 2 N–H and O–H groups in total. The van der Waals surface area contributed by atoms with Crippen molar-refractivity contribution in [2.75, 3.05) is 26.8 Å². The third-order valence-electron chi connectivity index (χ3n) is 3.60. The lowest BCUT2D eigenvalue weighted by atomic mass is 10.2. The van der Waals surface area contributed by atoms with Crippen molar-refractivity contribution in [3.8, 4) is 0 Å². The first-order valence-corrected chi connectivity index (χ1v) is 8.18. The van der Waals surface area contributed by atoms with Crippen molar-refractivity contribution in [3.05, 3.63) is 17.0 Å². The summed E-state index contributed by atoms with van der Waals surface area (Å²) in [5.74, 6) is 0.874. The molecule has 23 heavy (non-hydrogen) atoms. The van der Waals surface area contributed by atoms with Gasteiger partial charge in [-0.2, -0.15) is 5.10 Å². The normalized spacial score (nSPS) is 11.3. The van der Waals surface area contributed by atoms with Gasteiger partial charge in [-0.05, 0) is 27.2 Å². The van der Waals surface area contributed by atoms with Crippen LogP contribution < -0.4 is 10.6 Å². The summed E-state index contributed by atoms with van der Waals surface area (Å²) >= 11 is 0. The molecule has 0 bridgehead atoms. The number of aryl methyl sites for hydroxylation is 1. The van der Waals surface area contributed by atoms with Crippen LogP contribution in [-0.4, -0.2) is 42.5 Å². The molecule has 0 aliphatic rings. The number of rotatable bonds is 9. The summed E-state index contributed by atoms with van der Waals surface area (Å²) in [7, 11) is 1.71. The highest BCUT2D eigenvalue weighted by Gasteiger charge is 2.11. The molecular weight excluding hydrogens is 405 g/mol. The van der Waals surface area contributed by atoms with Crippen molar-refractivity contribution in [1.29, 1.82) is 0 Å². The highest BCUT2D eigenvalue weighted by Crippen LogP contribution is 2.14. The summed E-state index contributed by atoms with van der Waals surface area (Å²) in [4.78, 5) is 4.68. The summed E-state index contributed by atoms with van der Waals surface area (Å²) in [6.07, 6.45) is 2.33. The smallest absolute Gasteiger partial charge is 0.191 e. The molecule has 6 nitrogen and oxygen atoms in total. The zero-order valence-corrected chi connectivity index (χ0v) is 17.4. The Morgan fingerprint density at radius 3 is 2.61 bits per heavy atom. The fraction of sp³-hybridized carbons (Fsp3) is 0.750. The molecule has 0 aliphatic carbocycles. The number of nitrogens with one attached hydrogen (secondary N) is 2. The molecule has 0 aromatic carbocycles. The number of methoxy groups -OCH3 is 1. The third kappa shape index (κ3) is 7.52. The van der Waals surface area contributed by atoms with Crippen LogP contribution in [0.4, 0.5) is 0 Å². The number of unbranched alkanes of at least 4 members (excludes halogenated alkanes) is 1. The first kappa shape index (κ1) is 22.2. The third-order valence-corrected chi connectivity index (χ3v) is 3.60. The zero-order valence-electron chi connectivity index (χ0n) is 15.1. The quantitative estimate of drug-likeness (QED) is 0.270. The van der Waals surface area contributed by atoms with Crippen molar-refractivity contribution in [2.24, 2.45) is 4.99 Å². The van der Waals surface area contributed by atoms with Crippen molar-refractivity contribution in [3.63, 3.8) is 0 Å². The van der Waals surface area contributed by atoms with Gasteiger partial charge >= 0.3 is 0 Å². The molecular formula is C16H32IN5O. The van der Waals surface area contributed by atoms with Crippen LogP contribution >= 0.6 is 24.0 Å². The number of hydrogen-bond acceptors (Lipinski definition) is 3. The lowest BCUT2D eigenvalue weighted by Gasteiger charge is -2.11. The second-order valence-corrected chi connectivity index (χ2v) is 5.34. The fourth-order valence-electron chi connectivity index (χ4n) is 2.24. The fourth-order valence-corrected chi connectivity index (χ4v) is 2.24. The van der Waals surface area contributed by atoms with Gasteiger partial charge in [-0.1, -0.05) is 13.3 Å². The summed E-state index contributed by atoms with van der Waals surface area (Å²) in [5, 5.41) is 11.2. The zero-order chi connectivity index (χ0) is 16.4. The minimum Gasteiger partial charge on any atom is -0.383 e. The summed E-state index contributed by atoms with van der Waals surface area (Å²) in [5.41, 5.74) is 3.41. The number of guanidine groups is 1. The minimum absolute atomic E-state index is 0. The van der Waals surface area contributed by atoms with E-state index in [2.05, 4.69) is 41.5 Å². The second kappa shape index (κ2) is 12.6. The summed E-state index contributed by atoms with van der Waals surface area (Å²) in [6, 6.07) is 0. The Labute approximate surface area is 157 Å². The van der Waals surface area contributed by atoms with E-state index in [1.807, 2.05) is 11.6 Å². The van der Waals surface area contributed by atoms with E-state index >= 15 is 0 Å². The van der Waals surface area contributed by atoms with Crippen LogP contribution in [0.2, 0.25) is 0 Å². The van der Waals surface area contributed by atoms with Crippen molar-refractivity contribution < 1.29 is 4.74 Å². The largest absolute Gasteiger partial charge is 0.383 e. The van der Waals surface area contributed by atoms with Crippen molar-refractivity contribution in [2.45, 2.75) is 53.6 Å². The van der Waals surface area contributed by atoms with E-state index in [0.29, 0.717) is 13.2 Å². The molecule has 0 saturated heterocycles. The van der Waals surface area contributed by atoms with Gasteiger partial charge in [0, 0.05) is 31.5 Å². The average molecular weight is 437 g/mol. The minimum atomic E-state index is 0. The molecule has 0 saturated carbocycles. The van der Waals surface area contributed by atoms with Crippen LogP contribution in [0.5, 0.6) is 0 Å². The number of aromatic nitrogens is 2. The van der Waals surface area contributed by atoms with E-state index in [0.717, 1.165) is 37.7 Å². The Bertz CT molecular complexity index is 473. The van der Waals surface area contributed by atoms with Crippen LogP contribution in [0.25, 0.3) is 0 Å². The first-order chi connectivity index (χ1) is 10.6. The molecule has 1 aromatic rings. The molecule has 0 aliphatic heterocycles. The summed E-state index contributed by atoms with van der Waals surface area (Å²) in [6.45, 7) is 12.3. The Morgan fingerprint density at radius 2 is 2.00 bits per heavy atom. The molecule has 0 radical (unpaired) electrons. The van der Waals surface area contributed by atoms with Crippen LogP contribution in [0.15, 0.2) is 4.99 Å². The van der Waals surface area contributed by atoms with Gasteiger partial charge < -0.3 is 15.4 Å². The predicted molar refractivity (Wildman–Crippen MR) is 107 cm³/mol. The standard InChI is InChI=1S/C16H31N5O.HI/c1-6-8-9-18-16(17-7-2)19-12-15-13(3)20-21(14(15)4)10-11-22-5;/h6-12H2,1-5H3,(H2,17,18,19);1H. The van der Waals surface area contributed by atoms with Gasteiger partial charge in [0.2, 0.25) is 0 Å². The van der Waals surface area contributed by atoms with Crippen LogP contribution in [-0.2, 0) is 17.8 Å². The molecule has 0 spiro atoms. The van der Waals surface area contributed by atoms with E-state index in [9.17, 15) is 0 Å². The summed E-state index contributed by atoms with van der Waals surface area (Å²) < 4.78 is 7.13. The maximum absolute atomic E-state index is 5.13. The lowest BCUT2D eigenvalue weighted by Crippen LogP contribution is -2.37. The van der Waals surface area contributed by atoms with Gasteiger partial charge in [0.25, 0.3) is 0 Å². The number of aliphatic imine (C=N–C) groups is 1. The van der Waals surface area contributed by atoms with Gasteiger partial charge in [-0.3, -0.25) is 4.68 Å². The molecule has 0 amide bonds. The highest BCUT2D eigenvalue weighted by atomic mass is 127. The molecule has 0 fully saturated rings. The lowest BCUT2D eigenvalue weighted by molar-refractivity contribution is 0.182. The van der Waals surface area contributed by atoms with Gasteiger partial charge in [0.05, 0.1) is 25.4 Å². The van der Waals surface area contributed by atoms with Crippen molar-refractivity contribution in [1.82, 2.24) is 20.4 Å². The topological polar surface area (TPSA) is 63.5 Å². The SMILES string of the molecule is CCCCNC(=NCc1c(C)nn(CCOC)c1C)NCC.I. The van der Waals surface area contributed by atoms with Crippen LogP contribution in [0.1, 0.15) is 43.6 Å². The molecule has 0 unspecified atom stereocenters. The first-order valence-electron chi connectivity index (χ1n) is 8.18. The van der Waals surface area contributed by atoms with Gasteiger partial charge in [-0.15, -0.1) is 24.0 Å². The van der Waals surface area contributed by atoms with E-state index < -0.39 is 0 Å². The van der Waals surface area contributed by atoms with E-state index in [4.69, 9.17) is 4.74 Å². The van der Waals surface area contributed by atoms with Crippen LogP contribution in [0.3, 0.4) is 0 Å². The molecule has 134 valence electrons. The monoisotopic (exact) mass is 437 g/mol. The molecule has 0 atom stereocenters. The predicted octanol–water partition coefficient (Wildman–Crippen LogP) is 2.62. The molecule has 1 rings (SSSR count). The molecule has 1 aromatic heterocycles. The number of ether oxygens (including phenoxy) is 1.